The van der Waals surface area contributed by atoms with Gasteiger partial charge >= 0.3 is 0 Å². The molecule has 3 rings (SSSR count). The van der Waals surface area contributed by atoms with Crippen molar-refractivity contribution in [2.75, 3.05) is 5.32 Å². The van der Waals surface area contributed by atoms with Crippen LogP contribution >= 0.6 is 27.3 Å². The van der Waals surface area contributed by atoms with Crippen molar-refractivity contribution in [3.63, 3.8) is 0 Å². The molecule has 0 unspecified atom stereocenters. The fraction of sp³-hybridized carbons (Fsp3) is 0.364. The van der Waals surface area contributed by atoms with Gasteiger partial charge in [0.1, 0.15) is 0 Å². The molecule has 78 valence electrons. The number of hydrogen-bond donors (Lipinski definition) is 1. The molecule has 1 heterocycles. The second-order valence-electron chi connectivity index (χ2n) is 4.32. The number of halogens is 1. The van der Waals surface area contributed by atoms with E-state index < -0.39 is 0 Å². The average molecular weight is 283 g/mol. The van der Waals surface area contributed by atoms with Gasteiger partial charge in [0, 0.05) is 10.0 Å². The summed E-state index contributed by atoms with van der Waals surface area (Å²) in [5.74, 6) is 0. The Morgan fingerprint density at radius 2 is 2.27 bits per heavy atom. The zero-order chi connectivity index (χ0) is 10.5. The van der Waals surface area contributed by atoms with Crippen molar-refractivity contribution in [3.05, 3.63) is 22.7 Å². The highest BCUT2D eigenvalue weighted by Crippen LogP contribution is 2.40. The van der Waals surface area contributed by atoms with Gasteiger partial charge in [-0.15, -0.1) is 0 Å². The number of anilines is 1. The van der Waals surface area contributed by atoms with Gasteiger partial charge in [-0.25, -0.2) is 4.98 Å². The van der Waals surface area contributed by atoms with E-state index >= 15 is 0 Å². The SMILES string of the molecule is CC1(Nc2nc3cc(Br)ccc3s2)CC1. The second kappa shape index (κ2) is 3.19. The van der Waals surface area contributed by atoms with Gasteiger partial charge < -0.3 is 5.32 Å². The third-order valence-corrected chi connectivity index (χ3v) is 4.20. The molecule has 2 aromatic rings. The maximum Gasteiger partial charge on any atom is 0.184 e. The molecular formula is C11H11BrN2S. The second-order valence-corrected chi connectivity index (χ2v) is 6.26. The maximum absolute atomic E-state index is 4.58. The van der Waals surface area contributed by atoms with Crippen LogP contribution < -0.4 is 5.32 Å². The lowest BCUT2D eigenvalue weighted by Gasteiger charge is -2.08. The van der Waals surface area contributed by atoms with E-state index in [1.165, 1.54) is 17.5 Å². The summed E-state index contributed by atoms with van der Waals surface area (Å²) in [6, 6.07) is 6.23. The van der Waals surface area contributed by atoms with Crippen molar-refractivity contribution in [1.82, 2.24) is 4.98 Å². The summed E-state index contributed by atoms with van der Waals surface area (Å²) in [6.45, 7) is 2.25. The van der Waals surface area contributed by atoms with E-state index in [0.29, 0.717) is 5.54 Å². The zero-order valence-corrected chi connectivity index (χ0v) is 10.8. The van der Waals surface area contributed by atoms with Gasteiger partial charge in [0.15, 0.2) is 5.13 Å². The smallest absolute Gasteiger partial charge is 0.184 e. The predicted molar refractivity (Wildman–Crippen MR) is 68.6 cm³/mol. The van der Waals surface area contributed by atoms with E-state index in [0.717, 1.165) is 15.1 Å². The monoisotopic (exact) mass is 282 g/mol. The molecule has 1 aromatic carbocycles. The molecule has 0 atom stereocenters. The highest BCUT2D eigenvalue weighted by molar-refractivity contribution is 9.10. The van der Waals surface area contributed by atoms with Crippen LogP contribution in [0.5, 0.6) is 0 Å². The molecule has 15 heavy (non-hydrogen) atoms. The molecule has 4 heteroatoms. The van der Waals surface area contributed by atoms with E-state index in [9.17, 15) is 0 Å². The molecule has 0 radical (unpaired) electrons. The van der Waals surface area contributed by atoms with Crippen LogP contribution in [0.4, 0.5) is 5.13 Å². The Hall–Kier alpha value is -0.610. The minimum absolute atomic E-state index is 0.311. The van der Waals surface area contributed by atoms with Crippen molar-refractivity contribution >= 4 is 42.6 Å². The lowest BCUT2D eigenvalue weighted by Crippen LogP contribution is -2.15. The molecule has 0 aliphatic heterocycles. The number of benzene rings is 1. The summed E-state index contributed by atoms with van der Waals surface area (Å²) in [5.41, 5.74) is 1.38. The lowest BCUT2D eigenvalue weighted by atomic mass is 10.3. The van der Waals surface area contributed by atoms with Crippen molar-refractivity contribution in [1.29, 1.82) is 0 Å². The minimum atomic E-state index is 0.311. The zero-order valence-electron chi connectivity index (χ0n) is 8.38. The molecule has 1 saturated carbocycles. The lowest BCUT2D eigenvalue weighted by molar-refractivity contribution is 0.828. The van der Waals surface area contributed by atoms with Gasteiger partial charge in [-0.2, -0.15) is 0 Å². The number of nitrogens with one attached hydrogen (secondary N) is 1. The third kappa shape index (κ3) is 1.88. The first kappa shape index (κ1) is 9.60. The Morgan fingerprint density at radius 1 is 1.47 bits per heavy atom. The van der Waals surface area contributed by atoms with Gasteiger partial charge in [0.05, 0.1) is 10.2 Å². The maximum atomic E-state index is 4.58. The first-order valence-corrected chi connectivity index (χ1v) is 6.60. The third-order valence-electron chi connectivity index (χ3n) is 2.76. The predicted octanol–water partition coefficient (Wildman–Crippen LogP) is 4.02. The van der Waals surface area contributed by atoms with E-state index in [1.54, 1.807) is 11.3 Å². The van der Waals surface area contributed by atoms with E-state index in [4.69, 9.17) is 0 Å². The van der Waals surface area contributed by atoms with Crippen molar-refractivity contribution in [2.24, 2.45) is 0 Å². The standard InChI is InChI=1S/C11H11BrN2S/c1-11(4-5-11)14-10-13-8-6-7(12)2-3-9(8)15-10/h2-3,6H,4-5H2,1H3,(H,13,14). The summed E-state index contributed by atoms with van der Waals surface area (Å²) >= 11 is 5.19. The molecule has 0 spiro atoms. The summed E-state index contributed by atoms with van der Waals surface area (Å²) < 4.78 is 2.33. The average Bonchev–Trinajstić information content (AvgIpc) is 2.76. The first-order valence-electron chi connectivity index (χ1n) is 4.99. The number of rotatable bonds is 2. The number of fused-ring (bicyclic) bond motifs is 1. The number of hydrogen-bond acceptors (Lipinski definition) is 3. The number of thiazole rings is 1. The van der Waals surface area contributed by atoms with E-state index in [1.807, 2.05) is 0 Å². The van der Waals surface area contributed by atoms with Gasteiger partial charge in [-0.05, 0) is 38.0 Å². The fourth-order valence-electron chi connectivity index (χ4n) is 1.52. The summed E-state index contributed by atoms with van der Waals surface area (Å²) in [4.78, 5) is 4.58. The van der Waals surface area contributed by atoms with Crippen LogP contribution in [0.3, 0.4) is 0 Å². The van der Waals surface area contributed by atoms with Crippen molar-refractivity contribution < 1.29 is 0 Å². The highest BCUT2D eigenvalue weighted by atomic mass is 79.9. The summed E-state index contributed by atoms with van der Waals surface area (Å²) in [6.07, 6.45) is 2.51. The van der Waals surface area contributed by atoms with E-state index in [2.05, 4.69) is 51.4 Å². The van der Waals surface area contributed by atoms with Gasteiger partial charge in [-0.1, -0.05) is 27.3 Å². The quantitative estimate of drug-likeness (QED) is 0.900. The molecule has 1 aliphatic carbocycles. The Labute approximate surface area is 101 Å². The summed E-state index contributed by atoms with van der Waals surface area (Å²) in [5, 5.41) is 4.54. The fourth-order valence-corrected chi connectivity index (χ4v) is 2.87. The van der Waals surface area contributed by atoms with Crippen LogP contribution in [0.1, 0.15) is 19.8 Å². The Morgan fingerprint density at radius 3 is 3.00 bits per heavy atom. The topological polar surface area (TPSA) is 24.9 Å². The normalized spacial score (nSPS) is 18.0. The van der Waals surface area contributed by atoms with Crippen LogP contribution in [0, 0.1) is 0 Å². The Balaban J connectivity index is 1.99. The molecule has 0 amide bonds. The molecule has 1 fully saturated rings. The number of nitrogens with zero attached hydrogens (tertiary/aromatic N) is 1. The van der Waals surface area contributed by atoms with Crippen LogP contribution in [0.25, 0.3) is 10.2 Å². The Bertz CT molecular complexity index is 516. The van der Waals surface area contributed by atoms with Crippen LogP contribution in [0.2, 0.25) is 0 Å². The largest absolute Gasteiger partial charge is 0.356 e. The van der Waals surface area contributed by atoms with Crippen LogP contribution in [0.15, 0.2) is 22.7 Å². The first-order chi connectivity index (χ1) is 7.15. The molecule has 1 aromatic heterocycles. The molecule has 0 saturated heterocycles. The van der Waals surface area contributed by atoms with E-state index in [-0.39, 0.29) is 0 Å². The molecule has 2 nitrogen and oxygen atoms in total. The highest BCUT2D eigenvalue weighted by Gasteiger charge is 2.37. The minimum Gasteiger partial charge on any atom is -0.356 e. The molecule has 0 bridgehead atoms. The molecule has 1 aliphatic rings. The van der Waals surface area contributed by atoms with Gasteiger partial charge in [0.2, 0.25) is 0 Å². The van der Waals surface area contributed by atoms with Crippen molar-refractivity contribution in [2.45, 2.75) is 25.3 Å². The number of aromatic nitrogens is 1. The van der Waals surface area contributed by atoms with Crippen LogP contribution in [-0.2, 0) is 0 Å². The molecule has 1 N–H and O–H groups in total. The summed E-state index contributed by atoms with van der Waals surface area (Å²) in [7, 11) is 0. The van der Waals surface area contributed by atoms with Crippen molar-refractivity contribution in [3.8, 4) is 0 Å². The van der Waals surface area contributed by atoms with Gasteiger partial charge in [0.25, 0.3) is 0 Å². The molecular weight excluding hydrogens is 272 g/mol. The van der Waals surface area contributed by atoms with Crippen LogP contribution in [-0.4, -0.2) is 10.5 Å². The Kier molecular flexibility index (Phi) is 2.04. The van der Waals surface area contributed by atoms with Gasteiger partial charge in [-0.3, -0.25) is 0 Å².